The van der Waals surface area contributed by atoms with E-state index in [4.69, 9.17) is 28.9 Å². The van der Waals surface area contributed by atoms with E-state index < -0.39 is 6.10 Å². The van der Waals surface area contributed by atoms with E-state index in [1.54, 1.807) is 53.3 Å². The molecule has 12 heteroatoms. The number of hydrogen-bond acceptors (Lipinski definition) is 11. The smallest absolute Gasteiger partial charge is 0.153 e. The maximum Gasteiger partial charge on any atom is 0.153 e. The summed E-state index contributed by atoms with van der Waals surface area (Å²) in [5, 5.41) is 19.7. The first-order valence-electron chi connectivity index (χ1n) is 16.1. The average molecular weight is 676 g/mol. The van der Waals surface area contributed by atoms with Gasteiger partial charge in [-0.05, 0) is 67.3 Å². The van der Waals surface area contributed by atoms with Crippen molar-refractivity contribution in [3.63, 3.8) is 0 Å². The number of rotatable bonds is 13. The van der Waals surface area contributed by atoms with Gasteiger partial charge >= 0.3 is 0 Å². The molecule has 12 nitrogen and oxygen atoms in total. The van der Waals surface area contributed by atoms with Gasteiger partial charge < -0.3 is 34.3 Å². The number of aromatic nitrogens is 5. The van der Waals surface area contributed by atoms with E-state index in [1.165, 1.54) is 0 Å². The number of ether oxygens (including phenoxy) is 4. The number of aliphatic hydroxyl groups is 1. The standard InChI is InChI=1S/C38H41N7O5/c1-23-12-13-39-19-30(23)32-14-27-15-36(42-37-18-33(24(2)46)44(3)43-37)40-20-31(27)38(41-32)45(21-25-8-10-28(47-4)16-34(25)49-6)22-26-9-11-29(48-5)17-35(26)50-7/h8-20,24,46H,21-22H2,1-7H3,(H,40,42,43). The van der Waals surface area contributed by atoms with Crippen LogP contribution in [-0.4, -0.2) is 58.3 Å². The minimum Gasteiger partial charge on any atom is -0.497 e. The molecule has 0 aliphatic carbocycles. The molecule has 6 aromatic rings. The first kappa shape index (κ1) is 34.0. The van der Waals surface area contributed by atoms with Crippen molar-refractivity contribution in [1.82, 2.24) is 24.7 Å². The van der Waals surface area contributed by atoms with Crippen LogP contribution in [-0.2, 0) is 20.1 Å². The van der Waals surface area contributed by atoms with E-state index in [0.717, 1.165) is 38.7 Å². The van der Waals surface area contributed by atoms with Gasteiger partial charge in [-0.15, -0.1) is 0 Å². The van der Waals surface area contributed by atoms with Crippen molar-refractivity contribution in [2.75, 3.05) is 38.7 Å². The van der Waals surface area contributed by atoms with Crippen LogP contribution in [0.15, 0.2) is 79.3 Å². The third-order valence-electron chi connectivity index (χ3n) is 8.62. The number of anilines is 3. The summed E-state index contributed by atoms with van der Waals surface area (Å²) < 4.78 is 24.3. The first-order chi connectivity index (χ1) is 24.2. The van der Waals surface area contributed by atoms with Crippen molar-refractivity contribution in [3.8, 4) is 34.3 Å². The predicted octanol–water partition coefficient (Wildman–Crippen LogP) is 6.77. The molecule has 2 aromatic carbocycles. The summed E-state index contributed by atoms with van der Waals surface area (Å²) in [6.07, 6.45) is 4.77. The lowest BCUT2D eigenvalue weighted by Gasteiger charge is -2.28. The Labute approximate surface area is 291 Å². The molecule has 0 aliphatic rings. The monoisotopic (exact) mass is 675 g/mol. The molecule has 0 bridgehead atoms. The van der Waals surface area contributed by atoms with E-state index in [2.05, 4.69) is 26.4 Å². The third-order valence-corrected chi connectivity index (χ3v) is 8.62. The Morgan fingerprint density at radius 2 is 1.48 bits per heavy atom. The number of fused-ring (bicyclic) bond motifs is 1. The van der Waals surface area contributed by atoms with Crippen LogP contribution in [0.2, 0.25) is 0 Å². The van der Waals surface area contributed by atoms with Gasteiger partial charge in [-0.3, -0.25) is 9.67 Å². The first-order valence-corrected chi connectivity index (χ1v) is 16.1. The lowest BCUT2D eigenvalue weighted by Crippen LogP contribution is -2.24. The van der Waals surface area contributed by atoms with Crippen LogP contribution in [0.4, 0.5) is 17.5 Å². The SMILES string of the molecule is COc1ccc(CN(Cc2ccc(OC)cc2OC)c2nc(-c3cnccc3C)cc3cc(Nc4cc(C(C)O)n(C)n4)ncc23)c(OC)c1. The van der Waals surface area contributed by atoms with Gasteiger partial charge in [-0.2, -0.15) is 5.10 Å². The van der Waals surface area contributed by atoms with E-state index >= 15 is 0 Å². The fourth-order valence-electron chi connectivity index (χ4n) is 5.96. The van der Waals surface area contributed by atoms with Crippen molar-refractivity contribution in [2.24, 2.45) is 7.05 Å². The highest BCUT2D eigenvalue weighted by atomic mass is 16.5. The molecule has 0 saturated carbocycles. The van der Waals surface area contributed by atoms with Gasteiger partial charge in [0.1, 0.15) is 34.6 Å². The Hall–Kier alpha value is -5.88. The molecular formula is C38H41N7O5. The molecule has 1 atom stereocenters. The maximum atomic E-state index is 10.1. The van der Waals surface area contributed by atoms with Crippen molar-refractivity contribution < 1.29 is 24.1 Å². The van der Waals surface area contributed by atoms with Crippen LogP contribution in [0.5, 0.6) is 23.0 Å². The van der Waals surface area contributed by atoms with E-state index in [9.17, 15) is 5.11 Å². The van der Waals surface area contributed by atoms with E-state index in [0.29, 0.717) is 59.2 Å². The lowest BCUT2D eigenvalue weighted by molar-refractivity contribution is 0.189. The zero-order chi connectivity index (χ0) is 35.4. The summed E-state index contributed by atoms with van der Waals surface area (Å²) >= 11 is 0. The minimum atomic E-state index is -0.661. The summed E-state index contributed by atoms with van der Waals surface area (Å²) in [4.78, 5) is 16.7. The zero-order valence-electron chi connectivity index (χ0n) is 29.3. The number of hydrogen-bond donors (Lipinski definition) is 2. The normalized spacial score (nSPS) is 11.7. The Balaban J connectivity index is 1.53. The number of aryl methyl sites for hydroxylation is 2. The minimum absolute atomic E-state index is 0.440. The van der Waals surface area contributed by atoms with E-state index in [1.807, 2.05) is 73.9 Å². The highest BCUT2D eigenvalue weighted by Crippen LogP contribution is 2.37. The summed E-state index contributed by atoms with van der Waals surface area (Å²) in [5.41, 5.74) is 5.29. The molecule has 1 unspecified atom stereocenters. The average Bonchev–Trinajstić information content (AvgIpc) is 3.50. The number of pyridine rings is 3. The number of benzene rings is 2. The van der Waals surface area contributed by atoms with Crippen LogP contribution in [0.3, 0.4) is 0 Å². The molecule has 4 heterocycles. The van der Waals surface area contributed by atoms with E-state index in [-0.39, 0.29) is 0 Å². The molecule has 0 amide bonds. The number of aliphatic hydroxyl groups excluding tert-OH is 1. The van der Waals surface area contributed by atoms with Crippen LogP contribution in [0.1, 0.15) is 35.4 Å². The van der Waals surface area contributed by atoms with Crippen LogP contribution in [0.25, 0.3) is 22.0 Å². The molecule has 0 spiro atoms. The molecule has 2 N–H and O–H groups in total. The highest BCUT2D eigenvalue weighted by Gasteiger charge is 2.21. The molecule has 0 radical (unpaired) electrons. The molecule has 4 aromatic heterocycles. The summed E-state index contributed by atoms with van der Waals surface area (Å²) in [6.45, 7) is 4.64. The Morgan fingerprint density at radius 3 is 2.04 bits per heavy atom. The highest BCUT2D eigenvalue weighted by molar-refractivity contribution is 5.96. The number of nitrogens with one attached hydrogen (secondary N) is 1. The maximum absolute atomic E-state index is 10.1. The largest absolute Gasteiger partial charge is 0.497 e. The zero-order valence-corrected chi connectivity index (χ0v) is 29.3. The van der Waals surface area contributed by atoms with Gasteiger partial charge in [0.2, 0.25) is 0 Å². The van der Waals surface area contributed by atoms with Crippen molar-refractivity contribution >= 4 is 28.2 Å². The van der Waals surface area contributed by atoms with Gasteiger partial charge in [0.15, 0.2) is 5.82 Å². The molecule has 0 aliphatic heterocycles. The van der Waals surface area contributed by atoms with Crippen LogP contribution < -0.4 is 29.2 Å². The van der Waals surface area contributed by atoms with Crippen molar-refractivity contribution in [2.45, 2.75) is 33.0 Å². The van der Waals surface area contributed by atoms with Gasteiger partial charge in [-0.25, -0.2) is 9.97 Å². The third kappa shape index (κ3) is 7.10. The molecule has 50 heavy (non-hydrogen) atoms. The quantitative estimate of drug-likeness (QED) is 0.135. The molecule has 0 saturated heterocycles. The van der Waals surface area contributed by atoms with Crippen LogP contribution >= 0.6 is 0 Å². The number of methoxy groups -OCH3 is 4. The topological polar surface area (TPSA) is 129 Å². The predicted molar refractivity (Wildman–Crippen MR) is 194 cm³/mol. The van der Waals surface area contributed by atoms with Crippen molar-refractivity contribution in [1.29, 1.82) is 0 Å². The molecule has 6 rings (SSSR count). The van der Waals surface area contributed by atoms with Gasteiger partial charge in [0.05, 0.1) is 45.9 Å². The Morgan fingerprint density at radius 1 is 0.820 bits per heavy atom. The Kier molecular flexibility index (Phi) is 10.0. The Bertz CT molecular complexity index is 2070. The summed E-state index contributed by atoms with van der Waals surface area (Å²) in [5.74, 6) is 4.66. The van der Waals surface area contributed by atoms with Gasteiger partial charge in [0, 0.05) is 79.0 Å². The second kappa shape index (κ2) is 14.7. The second-order valence-corrected chi connectivity index (χ2v) is 11.9. The summed E-state index contributed by atoms with van der Waals surface area (Å²) in [6, 6.07) is 19.4. The van der Waals surface area contributed by atoms with Crippen molar-refractivity contribution in [3.05, 3.63) is 102 Å². The fraction of sp³-hybridized carbons (Fsp3) is 0.263. The molecular weight excluding hydrogens is 634 g/mol. The summed E-state index contributed by atoms with van der Waals surface area (Å²) in [7, 11) is 8.37. The fourth-order valence-corrected chi connectivity index (χ4v) is 5.96. The molecule has 258 valence electrons. The molecule has 0 fully saturated rings. The number of nitrogens with zero attached hydrogens (tertiary/aromatic N) is 6. The van der Waals surface area contributed by atoms with Gasteiger partial charge in [-0.1, -0.05) is 0 Å². The van der Waals surface area contributed by atoms with Crippen LogP contribution in [0, 0.1) is 6.92 Å². The second-order valence-electron chi connectivity index (χ2n) is 11.9. The van der Waals surface area contributed by atoms with Gasteiger partial charge in [0.25, 0.3) is 0 Å². The lowest BCUT2D eigenvalue weighted by atomic mass is 10.0.